The summed E-state index contributed by atoms with van der Waals surface area (Å²) in [5.41, 5.74) is 5.03. The molecule has 198 valence electrons. The van der Waals surface area contributed by atoms with Crippen LogP contribution in [0.1, 0.15) is 37.7 Å². The van der Waals surface area contributed by atoms with E-state index in [2.05, 4.69) is 39.4 Å². The summed E-state index contributed by atoms with van der Waals surface area (Å²) in [5.74, 6) is 0.122. The highest BCUT2D eigenvalue weighted by molar-refractivity contribution is 5.99. The van der Waals surface area contributed by atoms with Crippen LogP contribution in [-0.2, 0) is 16.6 Å². The molecular formula is C29H30N8O2. The van der Waals surface area contributed by atoms with Crippen LogP contribution >= 0.6 is 0 Å². The first-order valence-corrected chi connectivity index (χ1v) is 13.0. The van der Waals surface area contributed by atoms with Gasteiger partial charge in [0, 0.05) is 48.7 Å². The maximum Gasteiger partial charge on any atom is 0.247 e. The highest BCUT2D eigenvalue weighted by Crippen LogP contribution is 2.37. The van der Waals surface area contributed by atoms with E-state index in [0.717, 1.165) is 40.9 Å². The molecule has 0 saturated carbocycles. The van der Waals surface area contributed by atoms with E-state index in [4.69, 9.17) is 4.98 Å². The van der Waals surface area contributed by atoms with Crippen molar-refractivity contribution >= 4 is 34.7 Å². The molecule has 2 aliphatic rings. The molecule has 1 saturated heterocycles. The second-order valence-electron chi connectivity index (χ2n) is 9.77. The minimum Gasteiger partial charge on any atom is -0.326 e. The Kier molecular flexibility index (Phi) is 7.50. The van der Waals surface area contributed by atoms with Crippen LogP contribution < -0.4 is 10.6 Å². The average molecular weight is 523 g/mol. The molecule has 1 unspecified atom stereocenters. The lowest BCUT2D eigenvalue weighted by Crippen LogP contribution is -2.39. The van der Waals surface area contributed by atoms with Gasteiger partial charge in [0.2, 0.25) is 17.8 Å². The van der Waals surface area contributed by atoms with Crippen LogP contribution in [0.25, 0.3) is 16.8 Å². The van der Waals surface area contributed by atoms with Crippen LogP contribution in [0.2, 0.25) is 0 Å². The molecule has 0 spiro atoms. The van der Waals surface area contributed by atoms with Crippen molar-refractivity contribution in [2.45, 2.75) is 38.1 Å². The third-order valence-corrected chi connectivity index (χ3v) is 7.15. The van der Waals surface area contributed by atoms with Crippen LogP contribution in [0, 0.1) is 17.2 Å². The van der Waals surface area contributed by atoms with Gasteiger partial charge in [-0.25, -0.2) is 9.97 Å². The number of carbonyl (C=O) groups is 2. The standard InChI is InChI=1S/C29H30N8O2/c1-3-26(38)33-22-12-10-20(11-13-22)27-25(17-31-29(35-27)34-23-16-32-36(2)18-23)19-6-8-21(9-7-19)28(39)37-14-4-5-24(37)15-30/h3,6,10-13,16-18,21,24H,1,4-5,7-9,14H2,2H3,(H,33,38)(H,31,34,35)/t21?,24-/m0/s1. The van der Waals surface area contributed by atoms with E-state index in [0.29, 0.717) is 37.4 Å². The van der Waals surface area contributed by atoms with Crippen LogP contribution in [0.4, 0.5) is 17.3 Å². The fraction of sp³-hybridized carbons (Fsp3) is 0.310. The highest BCUT2D eigenvalue weighted by atomic mass is 16.2. The van der Waals surface area contributed by atoms with Gasteiger partial charge in [-0.05, 0) is 55.9 Å². The number of aromatic nitrogens is 4. The van der Waals surface area contributed by atoms with Crippen molar-refractivity contribution in [3.8, 4) is 17.3 Å². The number of benzene rings is 1. The molecule has 1 fully saturated rings. The molecule has 2 amide bonds. The smallest absolute Gasteiger partial charge is 0.247 e. The molecule has 5 rings (SSSR count). The van der Waals surface area contributed by atoms with E-state index in [-0.39, 0.29) is 23.8 Å². The topological polar surface area (TPSA) is 129 Å². The summed E-state index contributed by atoms with van der Waals surface area (Å²) in [6, 6.07) is 9.42. The zero-order valence-electron chi connectivity index (χ0n) is 21.8. The van der Waals surface area contributed by atoms with Gasteiger partial charge < -0.3 is 15.5 Å². The van der Waals surface area contributed by atoms with Crippen molar-refractivity contribution in [3.05, 3.63) is 67.2 Å². The van der Waals surface area contributed by atoms with Gasteiger partial charge in [0.25, 0.3) is 0 Å². The number of likely N-dealkylation sites (tertiary alicyclic amines) is 1. The number of amides is 2. The Labute approximate surface area is 227 Å². The first-order chi connectivity index (χ1) is 18.9. The van der Waals surface area contributed by atoms with Crippen molar-refractivity contribution in [1.29, 1.82) is 5.26 Å². The Bertz CT molecular complexity index is 1470. The zero-order chi connectivity index (χ0) is 27.4. The SMILES string of the molecule is C=CC(=O)Nc1ccc(-c2nc(Nc3cnn(C)c3)ncc2C2=CCC(C(=O)N3CCC[C@H]3C#N)CC2)cc1. The summed E-state index contributed by atoms with van der Waals surface area (Å²) in [5, 5.41) is 19.5. The lowest BCUT2D eigenvalue weighted by Gasteiger charge is -2.28. The van der Waals surface area contributed by atoms with Gasteiger partial charge in [-0.15, -0.1) is 0 Å². The van der Waals surface area contributed by atoms with Crippen LogP contribution in [0.15, 0.2) is 61.6 Å². The van der Waals surface area contributed by atoms with E-state index < -0.39 is 0 Å². The highest BCUT2D eigenvalue weighted by Gasteiger charge is 2.34. The average Bonchev–Trinajstić information content (AvgIpc) is 3.61. The third kappa shape index (κ3) is 5.72. The molecule has 2 atom stereocenters. The maximum atomic E-state index is 13.1. The Balaban J connectivity index is 1.42. The summed E-state index contributed by atoms with van der Waals surface area (Å²) in [6.07, 6.45) is 12.4. The van der Waals surface area contributed by atoms with E-state index in [1.807, 2.05) is 43.7 Å². The summed E-state index contributed by atoms with van der Waals surface area (Å²) < 4.78 is 1.69. The van der Waals surface area contributed by atoms with Crippen molar-refractivity contribution in [3.63, 3.8) is 0 Å². The second-order valence-corrected chi connectivity index (χ2v) is 9.77. The van der Waals surface area contributed by atoms with E-state index in [1.165, 1.54) is 6.08 Å². The summed E-state index contributed by atoms with van der Waals surface area (Å²) in [6.45, 7) is 4.15. The third-order valence-electron chi connectivity index (χ3n) is 7.15. The Hall–Kier alpha value is -4.78. The molecule has 2 aromatic heterocycles. The van der Waals surface area contributed by atoms with Gasteiger partial charge in [-0.2, -0.15) is 10.4 Å². The Morgan fingerprint density at radius 3 is 2.67 bits per heavy atom. The number of allylic oxidation sites excluding steroid dienone is 2. The largest absolute Gasteiger partial charge is 0.326 e. The number of nitrogens with one attached hydrogen (secondary N) is 2. The molecule has 2 N–H and O–H groups in total. The van der Waals surface area contributed by atoms with Gasteiger partial charge in [-0.1, -0.05) is 24.8 Å². The number of rotatable bonds is 7. The van der Waals surface area contributed by atoms with Gasteiger partial charge in [0.15, 0.2) is 0 Å². The van der Waals surface area contributed by atoms with Crippen molar-refractivity contribution in [2.75, 3.05) is 17.2 Å². The minimum absolute atomic E-state index is 0.0824. The molecule has 3 heterocycles. The molecule has 0 radical (unpaired) electrons. The number of nitrogens with zero attached hydrogens (tertiary/aromatic N) is 6. The molecular weight excluding hydrogens is 492 g/mol. The van der Waals surface area contributed by atoms with Crippen molar-refractivity contribution in [2.24, 2.45) is 13.0 Å². The van der Waals surface area contributed by atoms with Gasteiger partial charge >= 0.3 is 0 Å². The van der Waals surface area contributed by atoms with Crippen molar-refractivity contribution in [1.82, 2.24) is 24.6 Å². The number of hydrogen-bond acceptors (Lipinski definition) is 7. The molecule has 39 heavy (non-hydrogen) atoms. The summed E-state index contributed by atoms with van der Waals surface area (Å²) in [4.78, 5) is 36.0. The number of hydrogen-bond donors (Lipinski definition) is 2. The number of aryl methyl sites for hydroxylation is 1. The van der Waals surface area contributed by atoms with Gasteiger partial charge in [0.1, 0.15) is 6.04 Å². The molecule has 1 aliphatic heterocycles. The van der Waals surface area contributed by atoms with Gasteiger partial charge in [0.05, 0.1) is 23.6 Å². The maximum absolute atomic E-state index is 13.1. The predicted molar refractivity (Wildman–Crippen MR) is 148 cm³/mol. The van der Waals surface area contributed by atoms with E-state index in [1.54, 1.807) is 15.8 Å². The lowest BCUT2D eigenvalue weighted by atomic mass is 9.85. The Morgan fingerprint density at radius 1 is 1.18 bits per heavy atom. The van der Waals surface area contributed by atoms with E-state index in [9.17, 15) is 14.9 Å². The fourth-order valence-corrected chi connectivity index (χ4v) is 5.12. The molecule has 0 bridgehead atoms. The molecule has 1 aromatic carbocycles. The quantitative estimate of drug-likeness (QED) is 0.439. The molecule has 10 nitrogen and oxygen atoms in total. The normalized spacial score (nSPS) is 18.7. The first kappa shape index (κ1) is 25.9. The summed E-state index contributed by atoms with van der Waals surface area (Å²) >= 11 is 0. The predicted octanol–water partition coefficient (Wildman–Crippen LogP) is 4.44. The molecule has 3 aromatic rings. The summed E-state index contributed by atoms with van der Waals surface area (Å²) in [7, 11) is 1.84. The minimum atomic E-state index is -0.304. The van der Waals surface area contributed by atoms with Gasteiger partial charge in [-0.3, -0.25) is 14.3 Å². The van der Waals surface area contributed by atoms with Crippen molar-refractivity contribution < 1.29 is 9.59 Å². The molecule has 1 aliphatic carbocycles. The number of anilines is 3. The van der Waals surface area contributed by atoms with Crippen LogP contribution in [-0.4, -0.2) is 49.0 Å². The van der Waals surface area contributed by atoms with Crippen LogP contribution in [0.5, 0.6) is 0 Å². The van der Waals surface area contributed by atoms with E-state index >= 15 is 0 Å². The number of nitriles is 1. The fourth-order valence-electron chi connectivity index (χ4n) is 5.12. The zero-order valence-corrected chi connectivity index (χ0v) is 21.8. The molecule has 10 heteroatoms. The lowest BCUT2D eigenvalue weighted by molar-refractivity contribution is -0.135. The Morgan fingerprint density at radius 2 is 2.00 bits per heavy atom. The monoisotopic (exact) mass is 522 g/mol. The second kappa shape index (κ2) is 11.3. The first-order valence-electron chi connectivity index (χ1n) is 13.0. The number of carbonyl (C=O) groups excluding carboxylic acids is 2. The van der Waals surface area contributed by atoms with Crippen LogP contribution in [0.3, 0.4) is 0 Å².